The molecule has 0 heterocycles. The number of hydrogen-bond acceptors (Lipinski definition) is 3. The normalized spacial score (nSPS) is 11.8. The van der Waals surface area contributed by atoms with Crippen LogP contribution in [0.25, 0.3) is 0 Å². The monoisotopic (exact) mass is 218 g/mol. The first-order valence-electron chi connectivity index (χ1n) is 5.52. The molecule has 1 N–H and O–H groups in total. The maximum absolute atomic E-state index is 8.58. The van der Waals surface area contributed by atoms with Gasteiger partial charge in [-0.25, -0.2) is 0 Å². The summed E-state index contributed by atoms with van der Waals surface area (Å²) >= 11 is 0. The third-order valence-corrected chi connectivity index (χ3v) is 2.21. The molecular weight excluding hydrogens is 200 g/mol. The van der Waals surface area contributed by atoms with Crippen LogP contribution in [0.1, 0.15) is 12.5 Å². The zero-order valence-corrected chi connectivity index (χ0v) is 9.86. The molecule has 1 rings (SSSR count). The van der Waals surface area contributed by atoms with Crippen LogP contribution in [0, 0.1) is 24.2 Å². The molecule has 0 fully saturated rings. The summed E-state index contributed by atoms with van der Waals surface area (Å²) in [7, 11) is 0. The Bertz CT molecular complexity index is 357. The summed E-state index contributed by atoms with van der Waals surface area (Å²) in [6, 6.07) is 10.2. The van der Waals surface area contributed by atoms with Gasteiger partial charge in [-0.15, -0.1) is 0 Å². The Hall–Kier alpha value is -1.53. The maximum Gasteiger partial charge on any atom is 0.119 e. The summed E-state index contributed by atoms with van der Waals surface area (Å²) in [5.41, 5.74) is 1.20. The van der Waals surface area contributed by atoms with Gasteiger partial charge < -0.3 is 10.1 Å². The number of hydrogen-bond donors (Lipinski definition) is 1. The summed E-state index contributed by atoms with van der Waals surface area (Å²) in [5, 5.41) is 11.8. The lowest BCUT2D eigenvalue weighted by Crippen LogP contribution is -2.25. The highest BCUT2D eigenvalue weighted by Crippen LogP contribution is 2.11. The van der Waals surface area contributed by atoms with Crippen LogP contribution in [0.3, 0.4) is 0 Å². The number of benzene rings is 1. The molecule has 0 saturated heterocycles. The summed E-state index contributed by atoms with van der Waals surface area (Å²) in [5.74, 6) is 0.953. The van der Waals surface area contributed by atoms with Crippen molar-refractivity contribution in [2.45, 2.75) is 13.8 Å². The van der Waals surface area contributed by atoms with Crippen LogP contribution in [0.2, 0.25) is 0 Å². The largest absolute Gasteiger partial charge is 0.492 e. The van der Waals surface area contributed by atoms with E-state index in [1.165, 1.54) is 5.56 Å². The summed E-state index contributed by atoms with van der Waals surface area (Å²) in [4.78, 5) is 0. The summed E-state index contributed by atoms with van der Waals surface area (Å²) in [6.07, 6.45) is 0. The number of nitriles is 1. The van der Waals surface area contributed by atoms with E-state index in [4.69, 9.17) is 10.00 Å². The smallest absolute Gasteiger partial charge is 0.119 e. The lowest BCUT2D eigenvalue weighted by atomic mass is 10.2. The molecule has 0 amide bonds. The third-order valence-electron chi connectivity index (χ3n) is 2.21. The fraction of sp³-hybridized carbons (Fsp3) is 0.462. The van der Waals surface area contributed by atoms with Gasteiger partial charge in [-0.1, -0.05) is 12.1 Å². The zero-order chi connectivity index (χ0) is 11.8. The van der Waals surface area contributed by atoms with Crippen LogP contribution >= 0.6 is 0 Å². The minimum absolute atomic E-state index is 0.0546. The van der Waals surface area contributed by atoms with Crippen molar-refractivity contribution in [3.05, 3.63) is 29.8 Å². The van der Waals surface area contributed by atoms with Gasteiger partial charge in [-0.05, 0) is 31.5 Å². The molecule has 3 heteroatoms. The molecule has 86 valence electrons. The van der Waals surface area contributed by atoms with Crippen LogP contribution in [0.4, 0.5) is 0 Å². The van der Waals surface area contributed by atoms with Crippen molar-refractivity contribution in [1.82, 2.24) is 5.32 Å². The molecular formula is C13H18N2O. The van der Waals surface area contributed by atoms with Crippen molar-refractivity contribution in [2.24, 2.45) is 5.92 Å². The molecule has 3 nitrogen and oxygen atoms in total. The lowest BCUT2D eigenvalue weighted by Gasteiger charge is -2.08. The van der Waals surface area contributed by atoms with Gasteiger partial charge in [0, 0.05) is 13.1 Å². The van der Waals surface area contributed by atoms with Crippen LogP contribution in [-0.2, 0) is 0 Å². The molecule has 0 aromatic heterocycles. The Kier molecular flexibility index (Phi) is 5.38. The van der Waals surface area contributed by atoms with Gasteiger partial charge in [0.05, 0.1) is 12.0 Å². The molecule has 16 heavy (non-hydrogen) atoms. The molecule has 1 aromatic carbocycles. The van der Waals surface area contributed by atoms with Crippen molar-refractivity contribution in [1.29, 1.82) is 5.26 Å². The second-order valence-electron chi connectivity index (χ2n) is 3.90. The van der Waals surface area contributed by atoms with Gasteiger partial charge in [0.2, 0.25) is 0 Å². The summed E-state index contributed by atoms with van der Waals surface area (Å²) in [6.45, 7) is 6.05. The van der Waals surface area contributed by atoms with Gasteiger partial charge in [0.1, 0.15) is 12.4 Å². The van der Waals surface area contributed by atoms with E-state index in [2.05, 4.69) is 11.4 Å². The first kappa shape index (κ1) is 12.5. The van der Waals surface area contributed by atoms with E-state index >= 15 is 0 Å². The number of nitrogens with one attached hydrogen (secondary N) is 1. The highest BCUT2D eigenvalue weighted by atomic mass is 16.5. The zero-order valence-electron chi connectivity index (χ0n) is 9.86. The van der Waals surface area contributed by atoms with Crippen molar-refractivity contribution >= 4 is 0 Å². The minimum atomic E-state index is 0.0546. The van der Waals surface area contributed by atoms with Crippen molar-refractivity contribution < 1.29 is 4.74 Å². The van der Waals surface area contributed by atoms with E-state index in [9.17, 15) is 0 Å². The average molecular weight is 218 g/mol. The Balaban J connectivity index is 2.14. The summed E-state index contributed by atoms with van der Waals surface area (Å²) < 4.78 is 5.56. The van der Waals surface area contributed by atoms with Crippen molar-refractivity contribution in [2.75, 3.05) is 19.7 Å². The fourth-order valence-corrected chi connectivity index (χ4v) is 1.31. The number of rotatable bonds is 6. The van der Waals surface area contributed by atoms with Crippen molar-refractivity contribution in [3.8, 4) is 11.8 Å². The van der Waals surface area contributed by atoms with Gasteiger partial charge in [-0.2, -0.15) is 5.26 Å². The number of aryl methyl sites for hydroxylation is 1. The van der Waals surface area contributed by atoms with E-state index < -0.39 is 0 Å². The van der Waals surface area contributed by atoms with E-state index in [0.717, 1.165) is 12.3 Å². The third kappa shape index (κ3) is 4.81. The molecule has 0 spiro atoms. The Morgan fingerprint density at radius 3 is 3.00 bits per heavy atom. The molecule has 0 radical (unpaired) electrons. The molecule has 1 unspecified atom stereocenters. The van der Waals surface area contributed by atoms with Crippen LogP contribution in [-0.4, -0.2) is 19.7 Å². The Morgan fingerprint density at radius 1 is 1.50 bits per heavy atom. The van der Waals surface area contributed by atoms with Gasteiger partial charge >= 0.3 is 0 Å². The standard InChI is InChI=1S/C13H18N2O/c1-11-4-3-5-13(8-11)16-7-6-15-10-12(2)9-14/h3-5,8,12,15H,6-7,10H2,1-2H3. The van der Waals surface area contributed by atoms with Crippen LogP contribution in [0.5, 0.6) is 5.75 Å². The molecule has 0 aliphatic rings. The SMILES string of the molecule is Cc1cccc(OCCNCC(C)C#N)c1. The van der Waals surface area contributed by atoms with E-state index in [1.807, 2.05) is 38.1 Å². The second-order valence-corrected chi connectivity index (χ2v) is 3.90. The number of nitrogens with zero attached hydrogens (tertiary/aromatic N) is 1. The topological polar surface area (TPSA) is 45.0 Å². The Labute approximate surface area is 97.0 Å². The first-order valence-corrected chi connectivity index (χ1v) is 5.52. The van der Waals surface area contributed by atoms with Crippen molar-refractivity contribution in [3.63, 3.8) is 0 Å². The molecule has 0 saturated carbocycles. The second kappa shape index (κ2) is 6.86. The van der Waals surface area contributed by atoms with Crippen LogP contribution in [0.15, 0.2) is 24.3 Å². The molecule has 1 aromatic rings. The first-order chi connectivity index (χ1) is 7.72. The quantitative estimate of drug-likeness (QED) is 0.744. The minimum Gasteiger partial charge on any atom is -0.492 e. The molecule has 0 aliphatic heterocycles. The predicted octanol–water partition coefficient (Wildman–Crippen LogP) is 2.12. The highest BCUT2D eigenvalue weighted by Gasteiger charge is 1.98. The van der Waals surface area contributed by atoms with Gasteiger partial charge in [-0.3, -0.25) is 0 Å². The molecule has 0 bridgehead atoms. The molecule has 1 atom stereocenters. The lowest BCUT2D eigenvalue weighted by molar-refractivity contribution is 0.312. The number of ether oxygens (including phenoxy) is 1. The predicted molar refractivity (Wildman–Crippen MR) is 64.3 cm³/mol. The maximum atomic E-state index is 8.58. The van der Waals surface area contributed by atoms with E-state index in [1.54, 1.807) is 0 Å². The Morgan fingerprint density at radius 2 is 2.31 bits per heavy atom. The average Bonchev–Trinajstić information content (AvgIpc) is 2.28. The fourth-order valence-electron chi connectivity index (χ4n) is 1.31. The van der Waals surface area contributed by atoms with Gasteiger partial charge in [0.25, 0.3) is 0 Å². The highest BCUT2D eigenvalue weighted by molar-refractivity contribution is 5.27. The van der Waals surface area contributed by atoms with Gasteiger partial charge in [0.15, 0.2) is 0 Å². The van der Waals surface area contributed by atoms with E-state index in [-0.39, 0.29) is 5.92 Å². The van der Waals surface area contributed by atoms with Crippen LogP contribution < -0.4 is 10.1 Å². The van der Waals surface area contributed by atoms with E-state index in [0.29, 0.717) is 13.2 Å². The molecule has 0 aliphatic carbocycles.